The van der Waals surface area contributed by atoms with E-state index in [2.05, 4.69) is 85.9 Å². The number of benzene rings is 3. The lowest BCUT2D eigenvalue weighted by molar-refractivity contribution is -0.276. The average Bonchev–Trinajstić information content (AvgIpc) is 3.20. The van der Waals surface area contributed by atoms with Gasteiger partial charge in [0.15, 0.2) is 6.29 Å². The maximum absolute atomic E-state index is 12.4. The second-order valence-electron chi connectivity index (χ2n) is 14.1. The molecule has 3 heterocycles. The maximum atomic E-state index is 12.4. The van der Waals surface area contributed by atoms with Gasteiger partial charge in [0, 0.05) is 83.0 Å². The molecule has 0 bridgehead atoms. The summed E-state index contributed by atoms with van der Waals surface area (Å²) < 4.78 is 13.5. The van der Waals surface area contributed by atoms with Gasteiger partial charge in [0.2, 0.25) is 17.8 Å². The molecule has 0 aliphatic carbocycles. The van der Waals surface area contributed by atoms with Crippen LogP contribution in [0.3, 0.4) is 0 Å². The molecule has 11 nitrogen and oxygen atoms in total. The number of ether oxygens (including phenoxy) is 2. The number of nitrogens with one attached hydrogen (secondary N) is 2. The first-order chi connectivity index (χ1) is 25.9. The molecule has 4 atom stereocenters. The summed E-state index contributed by atoms with van der Waals surface area (Å²) in [5, 5.41) is 15.5. The van der Waals surface area contributed by atoms with Crippen molar-refractivity contribution in [2.24, 2.45) is 5.92 Å². The molecule has 3 N–H and O–H groups in total. The third-order valence-electron chi connectivity index (χ3n) is 10.2. The van der Waals surface area contributed by atoms with E-state index in [0.717, 1.165) is 91.3 Å². The number of amides is 2. The Bertz CT molecular complexity index is 1750. The highest BCUT2D eigenvalue weighted by atomic mass is 16.7. The van der Waals surface area contributed by atoms with Crippen molar-refractivity contribution < 1.29 is 24.2 Å². The Morgan fingerprint density at radius 3 is 2.26 bits per heavy atom. The van der Waals surface area contributed by atoms with E-state index in [1.807, 2.05) is 30.3 Å². The van der Waals surface area contributed by atoms with Gasteiger partial charge in [-0.3, -0.25) is 14.5 Å². The quantitative estimate of drug-likeness (QED) is 0.135. The van der Waals surface area contributed by atoms with Crippen molar-refractivity contribution >= 4 is 17.8 Å². The van der Waals surface area contributed by atoms with E-state index in [1.54, 1.807) is 12.4 Å². The molecule has 53 heavy (non-hydrogen) atoms. The summed E-state index contributed by atoms with van der Waals surface area (Å²) in [5.41, 5.74) is 6.07. The fourth-order valence-electron chi connectivity index (χ4n) is 7.00. The van der Waals surface area contributed by atoms with Crippen LogP contribution in [0.4, 0.5) is 5.95 Å². The number of carbonyl (C=O) groups excluding carboxylic acids is 2. The molecule has 3 aromatic carbocycles. The van der Waals surface area contributed by atoms with E-state index in [-0.39, 0.29) is 36.5 Å². The number of piperazine rings is 1. The van der Waals surface area contributed by atoms with Crippen LogP contribution in [0.25, 0.3) is 11.1 Å². The van der Waals surface area contributed by atoms with Crippen LogP contribution in [0.2, 0.25) is 0 Å². The first kappa shape index (κ1) is 38.1. The van der Waals surface area contributed by atoms with E-state index < -0.39 is 6.29 Å². The molecular weight excluding hydrogens is 668 g/mol. The number of nitrogens with zero attached hydrogens (tertiary/aromatic N) is 4. The minimum atomic E-state index is -0.543. The first-order valence-electron chi connectivity index (χ1n) is 18.8. The van der Waals surface area contributed by atoms with Crippen molar-refractivity contribution in [3.8, 4) is 11.1 Å². The van der Waals surface area contributed by atoms with Crippen molar-refractivity contribution in [2.75, 3.05) is 44.2 Å². The van der Waals surface area contributed by atoms with Crippen LogP contribution in [0.1, 0.15) is 74.2 Å². The fraction of sp³-hybridized carbons (Fsp3) is 0.429. The Morgan fingerprint density at radius 1 is 0.811 bits per heavy atom. The predicted octanol–water partition coefficient (Wildman–Crippen LogP) is 5.56. The number of anilines is 1. The lowest BCUT2D eigenvalue weighted by Gasteiger charge is -2.44. The number of hydrogen-bond acceptors (Lipinski definition) is 9. The lowest BCUT2D eigenvalue weighted by Crippen LogP contribution is -2.51. The highest BCUT2D eigenvalue weighted by Gasteiger charge is 2.39. The summed E-state index contributed by atoms with van der Waals surface area (Å²) in [6.07, 6.45) is 5.83. The molecule has 2 aliphatic heterocycles. The maximum Gasteiger partial charge on any atom is 0.225 e. The summed E-state index contributed by atoms with van der Waals surface area (Å²) in [6, 6.07) is 26.5. The summed E-state index contributed by atoms with van der Waals surface area (Å²) in [6.45, 7) is 9.12. The molecule has 2 saturated heterocycles. The molecule has 2 fully saturated rings. The predicted molar refractivity (Wildman–Crippen MR) is 205 cm³/mol. The minimum absolute atomic E-state index is 0.00262. The van der Waals surface area contributed by atoms with E-state index in [9.17, 15) is 14.7 Å². The average molecular weight is 721 g/mol. The Morgan fingerprint density at radius 2 is 1.55 bits per heavy atom. The SMILES string of the molecule is CC(=O)NCCCCCC(=O)NCc1cccc(-c2ccc([C@H]3O[C@@H](CN4CCN(c5ncccn5)CC4)[C@@H](C)[C@@H](c4ccc(CO)cc4)O3)cc2)c1. The molecule has 1 aromatic heterocycles. The normalized spacial score (nSPS) is 20.5. The van der Waals surface area contributed by atoms with Crippen molar-refractivity contribution in [1.82, 2.24) is 25.5 Å². The topological polar surface area (TPSA) is 129 Å². The fourth-order valence-corrected chi connectivity index (χ4v) is 7.00. The highest BCUT2D eigenvalue weighted by Crippen LogP contribution is 2.42. The number of hydrogen-bond donors (Lipinski definition) is 3. The Balaban J connectivity index is 1.08. The zero-order chi connectivity index (χ0) is 37.0. The molecule has 0 unspecified atom stereocenters. The third-order valence-corrected chi connectivity index (χ3v) is 10.2. The summed E-state index contributed by atoms with van der Waals surface area (Å²) in [7, 11) is 0. The molecule has 2 amide bonds. The molecule has 0 spiro atoms. The standard InChI is InChI=1S/C42H52N6O5/c1-30-38(28-47-22-24-48(25-23-47)42-44-20-7-21-45-42)52-41(53-40(30)35-13-11-32(29-49)12-14-35)36-17-15-34(16-18-36)37-9-6-8-33(26-37)27-46-39(51)10-4-3-5-19-43-31(2)50/h6-9,11-18,20-21,26,30,38,40-41,49H,3-5,10,19,22-25,27-29H2,1-2H3,(H,43,50)(H,46,51)/t30-,38+,40+,41+/m1/s1. The van der Waals surface area contributed by atoms with Crippen LogP contribution in [-0.4, -0.2) is 77.2 Å². The zero-order valence-electron chi connectivity index (χ0n) is 30.8. The first-order valence-corrected chi connectivity index (χ1v) is 18.8. The van der Waals surface area contributed by atoms with Gasteiger partial charge < -0.3 is 30.1 Å². The Kier molecular flexibility index (Phi) is 13.6. The molecule has 2 aliphatic rings. The molecule has 280 valence electrons. The van der Waals surface area contributed by atoms with Crippen molar-refractivity contribution in [3.63, 3.8) is 0 Å². The molecule has 4 aromatic rings. The van der Waals surface area contributed by atoms with Gasteiger partial charge in [-0.05, 0) is 52.8 Å². The smallest absolute Gasteiger partial charge is 0.225 e. The molecular formula is C42H52N6O5. The number of rotatable bonds is 15. The van der Waals surface area contributed by atoms with Crippen molar-refractivity contribution in [1.29, 1.82) is 0 Å². The molecule has 0 radical (unpaired) electrons. The second-order valence-corrected chi connectivity index (χ2v) is 14.1. The number of aromatic nitrogens is 2. The van der Waals surface area contributed by atoms with Gasteiger partial charge in [0.25, 0.3) is 0 Å². The second kappa shape index (κ2) is 18.9. The lowest BCUT2D eigenvalue weighted by atomic mass is 9.89. The number of unbranched alkanes of at least 4 members (excludes halogenated alkanes) is 2. The summed E-state index contributed by atoms with van der Waals surface area (Å²) in [4.78, 5) is 37.0. The van der Waals surface area contributed by atoms with Gasteiger partial charge in [-0.1, -0.05) is 80.1 Å². The number of aliphatic hydroxyl groups is 1. The largest absolute Gasteiger partial charge is 0.392 e. The molecule has 11 heteroatoms. The van der Waals surface area contributed by atoms with Gasteiger partial charge in [-0.2, -0.15) is 0 Å². The van der Waals surface area contributed by atoms with Crippen LogP contribution in [0.15, 0.2) is 91.3 Å². The van der Waals surface area contributed by atoms with Gasteiger partial charge in [-0.25, -0.2) is 9.97 Å². The molecule has 6 rings (SSSR count). The van der Waals surface area contributed by atoms with E-state index in [0.29, 0.717) is 19.5 Å². The van der Waals surface area contributed by atoms with Crippen LogP contribution < -0.4 is 15.5 Å². The van der Waals surface area contributed by atoms with Gasteiger partial charge in [0.05, 0.1) is 18.8 Å². The van der Waals surface area contributed by atoms with Gasteiger partial charge >= 0.3 is 0 Å². The summed E-state index contributed by atoms with van der Waals surface area (Å²) >= 11 is 0. The van der Waals surface area contributed by atoms with Crippen LogP contribution in [0.5, 0.6) is 0 Å². The van der Waals surface area contributed by atoms with Gasteiger partial charge in [-0.15, -0.1) is 0 Å². The Labute approximate surface area is 312 Å². The van der Waals surface area contributed by atoms with Crippen molar-refractivity contribution in [3.05, 3.63) is 114 Å². The highest BCUT2D eigenvalue weighted by molar-refractivity contribution is 5.76. The number of carbonyl (C=O) groups is 2. The summed E-state index contributed by atoms with van der Waals surface area (Å²) in [5.74, 6) is 0.879. The van der Waals surface area contributed by atoms with Crippen LogP contribution in [0, 0.1) is 5.92 Å². The monoisotopic (exact) mass is 720 g/mol. The zero-order valence-corrected chi connectivity index (χ0v) is 30.8. The number of aliphatic hydroxyl groups excluding tert-OH is 1. The van der Waals surface area contributed by atoms with E-state index in [4.69, 9.17) is 9.47 Å². The van der Waals surface area contributed by atoms with E-state index >= 15 is 0 Å². The van der Waals surface area contributed by atoms with E-state index in [1.165, 1.54) is 6.92 Å². The molecule has 0 saturated carbocycles. The van der Waals surface area contributed by atoms with Crippen molar-refractivity contribution in [2.45, 2.75) is 71.2 Å². The Hall–Kier alpha value is -4.68. The third kappa shape index (κ3) is 10.7. The minimum Gasteiger partial charge on any atom is -0.392 e. The van der Waals surface area contributed by atoms with Crippen LogP contribution >= 0.6 is 0 Å². The van der Waals surface area contributed by atoms with Crippen LogP contribution in [-0.2, 0) is 32.2 Å². The van der Waals surface area contributed by atoms with Gasteiger partial charge in [0.1, 0.15) is 0 Å².